The maximum Gasteiger partial charge on any atom is 0.385 e. The molecule has 0 spiro atoms. The summed E-state index contributed by atoms with van der Waals surface area (Å²) >= 11 is 0. The molecule has 0 saturated heterocycles. The number of nitrogens with zero attached hydrogens (tertiary/aromatic N) is 5. The summed E-state index contributed by atoms with van der Waals surface area (Å²) < 4.78 is 9.61. The molecule has 0 aromatic heterocycles. The lowest BCUT2D eigenvalue weighted by molar-refractivity contribution is 0.0696. The third-order valence-corrected chi connectivity index (χ3v) is 10.9. The Kier molecular flexibility index (Phi) is 7.23. The van der Waals surface area contributed by atoms with Crippen molar-refractivity contribution in [2.75, 3.05) is 31.1 Å². The van der Waals surface area contributed by atoms with Gasteiger partial charge in [-0.3, -0.25) is 4.79 Å². The second-order valence-corrected chi connectivity index (χ2v) is 13.8. The summed E-state index contributed by atoms with van der Waals surface area (Å²) in [6, 6.07) is 16.1. The Bertz CT molecular complexity index is 2350. The van der Waals surface area contributed by atoms with Gasteiger partial charge in [0.1, 0.15) is 24.6 Å². The third kappa shape index (κ3) is 4.87. The SMILES string of the molecule is N#[N+]c1ccc(/C=N/NC(=O)c2ccc(C3=c4cc5c6c(c4Oc4c3cc3c7c4CCCN7CCC3)CCC[N+]=6CCC5)c(C(=O)O)c2)cc1. The van der Waals surface area contributed by atoms with Crippen LogP contribution < -0.4 is 30.2 Å². The van der Waals surface area contributed by atoms with Crippen LogP contribution in [0.1, 0.15) is 85.3 Å². The number of aromatic carboxylic acids is 1. The molecule has 4 aromatic rings. The molecule has 5 aliphatic rings. The van der Waals surface area contributed by atoms with E-state index in [9.17, 15) is 14.7 Å². The lowest BCUT2D eigenvalue weighted by atomic mass is 9.81. The molecule has 10 nitrogen and oxygen atoms in total. The number of hydrogen-bond donors (Lipinski definition) is 2. The Labute approximate surface area is 288 Å². The van der Waals surface area contributed by atoms with Gasteiger partial charge in [0.05, 0.1) is 17.3 Å². The van der Waals surface area contributed by atoms with Crippen molar-refractivity contribution in [1.29, 1.82) is 5.39 Å². The number of carbonyl (C=O) groups excluding carboxylic acids is 1. The second kappa shape index (κ2) is 11.9. The van der Waals surface area contributed by atoms with E-state index in [4.69, 9.17) is 10.1 Å². The number of amides is 1. The largest absolute Gasteiger partial charge is 0.478 e. The summed E-state index contributed by atoms with van der Waals surface area (Å²) in [7, 11) is 0. The summed E-state index contributed by atoms with van der Waals surface area (Å²) in [6.07, 6.45) is 9.54. The molecule has 0 fully saturated rings. The van der Waals surface area contributed by atoms with E-state index in [2.05, 4.69) is 37.1 Å². The van der Waals surface area contributed by atoms with Gasteiger partial charge < -0.3 is 14.7 Å². The Hall–Kier alpha value is -5.82. The van der Waals surface area contributed by atoms with Crippen LogP contribution in [0.4, 0.5) is 11.4 Å². The highest BCUT2D eigenvalue weighted by Crippen LogP contribution is 2.48. The Morgan fingerprint density at radius 3 is 2.44 bits per heavy atom. The maximum absolute atomic E-state index is 13.3. The Balaban J connectivity index is 1.22. The zero-order valence-electron chi connectivity index (χ0n) is 27.7. The van der Waals surface area contributed by atoms with Gasteiger partial charge in [-0.05, 0) is 91.6 Å². The van der Waals surface area contributed by atoms with Crippen molar-refractivity contribution >= 4 is 35.0 Å². The van der Waals surface area contributed by atoms with E-state index < -0.39 is 11.9 Å². The summed E-state index contributed by atoms with van der Waals surface area (Å²) in [6.45, 7) is 4.18. The fourth-order valence-corrected chi connectivity index (χ4v) is 8.74. The number of benzene rings is 4. The molecule has 0 atom stereocenters. The van der Waals surface area contributed by atoms with Gasteiger partial charge in [-0.1, -0.05) is 6.07 Å². The number of fused-ring (bicyclic) bond motifs is 4. The smallest absolute Gasteiger partial charge is 0.385 e. The zero-order chi connectivity index (χ0) is 33.9. The molecule has 0 saturated carbocycles. The predicted molar refractivity (Wildman–Crippen MR) is 190 cm³/mol. The van der Waals surface area contributed by atoms with Crippen LogP contribution in [0.25, 0.3) is 10.5 Å². The van der Waals surface area contributed by atoms with Crippen molar-refractivity contribution in [2.24, 2.45) is 5.10 Å². The fourth-order valence-electron chi connectivity index (χ4n) is 8.74. The van der Waals surface area contributed by atoms with Crippen molar-refractivity contribution in [3.8, 4) is 11.5 Å². The molecule has 0 aliphatic carbocycles. The van der Waals surface area contributed by atoms with Gasteiger partial charge in [0.2, 0.25) is 10.8 Å². The van der Waals surface area contributed by atoms with Crippen LogP contribution in [0.5, 0.6) is 11.5 Å². The first-order chi connectivity index (χ1) is 24.5. The van der Waals surface area contributed by atoms with Crippen LogP contribution in [0.3, 0.4) is 0 Å². The predicted octanol–water partition coefficient (Wildman–Crippen LogP) is 5.07. The topological polar surface area (TPSA) is 122 Å². The normalized spacial score (nSPS) is 16.8. The van der Waals surface area contributed by atoms with Crippen LogP contribution in [0.2, 0.25) is 0 Å². The molecule has 50 heavy (non-hydrogen) atoms. The number of carboxylic acids is 1. The minimum atomic E-state index is -1.11. The first-order valence-corrected chi connectivity index (χ1v) is 17.6. The summed E-state index contributed by atoms with van der Waals surface area (Å²) in [5, 5.41) is 25.9. The quantitative estimate of drug-likeness (QED) is 0.117. The lowest BCUT2D eigenvalue weighted by Crippen LogP contribution is -2.45. The molecule has 0 radical (unpaired) electrons. The van der Waals surface area contributed by atoms with E-state index in [1.54, 1.807) is 36.4 Å². The number of anilines is 1. The molecule has 9 rings (SSSR count). The molecule has 0 bridgehead atoms. The van der Waals surface area contributed by atoms with Crippen LogP contribution in [-0.2, 0) is 25.7 Å². The Morgan fingerprint density at radius 2 is 1.64 bits per heavy atom. The van der Waals surface area contributed by atoms with E-state index in [1.807, 2.05) is 0 Å². The average molecular weight is 665 g/mol. The van der Waals surface area contributed by atoms with Crippen molar-refractivity contribution in [3.63, 3.8) is 0 Å². The van der Waals surface area contributed by atoms with Gasteiger partial charge >= 0.3 is 11.7 Å². The molecule has 248 valence electrons. The van der Waals surface area contributed by atoms with Crippen molar-refractivity contribution in [2.45, 2.75) is 51.4 Å². The van der Waals surface area contributed by atoms with Gasteiger partial charge in [-0.25, -0.2) is 14.8 Å². The molecule has 4 aromatic carbocycles. The fraction of sp³-hybridized carbons (Fsp3) is 0.300. The highest BCUT2D eigenvalue weighted by molar-refractivity contribution is 6.03. The Morgan fingerprint density at radius 1 is 0.880 bits per heavy atom. The van der Waals surface area contributed by atoms with Crippen LogP contribution in [0.15, 0.2) is 59.7 Å². The summed E-state index contributed by atoms with van der Waals surface area (Å²) in [4.78, 5) is 32.0. The molecule has 2 N–H and O–H groups in total. The number of carbonyl (C=O) groups is 2. The number of rotatable bonds is 5. The number of carboxylic acid groups (broad SMARTS) is 1. The van der Waals surface area contributed by atoms with E-state index in [0.29, 0.717) is 16.8 Å². The van der Waals surface area contributed by atoms with Gasteiger partial charge in [0.15, 0.2) is 4.98 Å². The number of diazo groups is 1. The number of ether oxygens (including phenoxy) is 1. The monoisotopic (exact) mass is 664 g/mol. The minimum absolute atomic E-state index is 0.0553. The summed E-state index contributed by atoms with van der Waals surface area (Å²) in [5.74, 6) is 0.0863. The molecule has 5 heterocycles. The minimum Gasteiger partial charge on any atom is -0.478 e. The summed E-state index contributed by atoms with van der Waals surface area (Å²) in [5.41, 5.74) is 12.6. The molecular formula is C40H36N6O4+2. The highest BCUT2D eigenvalue weighted by atomic mass is 16.5. The van der Waals surface area contributed by atoms with Crippen molar-refractivity contribution in [1.82, 2.24) is 10.0 Å². The van der Waals surface area contributed by atoms with E-state index in [1.165, 1.54) is 45.6 Å². The molecule has 5 aliphatic heterocycles. The third-order valence-electron chi connectivity index (χ3n) is 10.9. The van der Waals surface area contributed by atoms with Gasteiger partial charge in [-0.2, -0.15) is 5.10 Å². The van der Waals surface area contributed by atoms with Gasteiger partial charge in [-0.15, -0.1) is 0 Å². The van der Waals surface area contributed by atoms with E-state index in [0.717, 1.165) is 105 Å². The van der Waals surface area contributed by atoms with Crippen LogP contribution in [-0.4, -0.2) is 49.4 Å². The van der Waals surface area contributed by atoms with Gasteiger partial charge in [0.25, 0.3) is 5.91 Å². The van der Waals surface area contributed by atoms with Crippen LogP contribution >= 0.6 is 0 Å². The maximum atomic E-state index is 13.3. The lowest BCUT2D eigenvalue weighted by Gasteiger charge is -2.39. The standard InChI is InChI=1S/C40H34N6O4/c41-43-27-12-9-23(10-13-27)22-42-44-39(47)26-11-14-28(31(21-26)40(48)49)34-32-19-24-5-1-15-45-17-3-7-29(35(24)45)37(32)50-38-30-8-4-18-46-16-2-6-25(36(30)46)20-33(34)38/h9-14,19-22H,1-8,15-18H2/p+2. The van der Waals surface area contributed by atoms with Gasteiger partial charge in [0, 0.05) is 76.8 Å². The molecular weight excluding hydrogens is 628 g/mol. The zero-order valence-corrected chi connectivity index (χ0v) is 27.7. The average Bonchev–Trinajstić information content (AvgIpc) is 3.15. The van der Waals surface area contributed by atoms with E-state index in [-0.39, 0.29) is 11.1 Å². The number of hydrogen-bond acceptors (Lipinski definition) is 6. The molecule has 0 unspecified atom stereocenters. The van der Waals surface area contributed by atoms with Crippen molar-refractivity contribution < 1.29 is 19.4 Å². The first kappa shape index (κ1) is 30.3. The van der Waals surface area contributed by atoms with Crippen molar-refractivity contribution in [3.05, 3.63) is 120 Å². The molecule has 10 heteroatoms. The van der Waals surface area contributed by atoms with Crippen LogP contribution in [0, 0.1) is 5.39 Å². The van der Waals surface area contributed by atoms with E-state index >= 15 is 0 Å². The highest BCUT2D eigenvalue weighted by Gasteiger charge is 2.36. The molecule has 1 amide bonds. The number of aryl methyl sites for hydroxylation is 2. The first-order valence-electron chi connectivity index (χ1n) is 17.6. The number of hydrazone groups is 1. The number of nitrogens with one attached hydrogen (secondary N) is 1. The second-order valence-electron chi connectivity index (χ2n) is 13.8.